The van der Waals surface area contributed by atoms with Crippen LogP contribution in [0.1, 0.15) is 39.7 Å². The first-order valence-corrected chi connectivity index (χ1v) is 8.63. The number of alkyl carbamates (subject to hydrolysis) is 1. The monoisotopic (exact) mass is 361 g/mol. The zero-order valence-electron chi connectivity index (χ0n) is 15.7. The van der Waals surface area contributed by atoms with E-state index in [4.69, 9.17) is 10.5 Å². The average molecular weight is 361 g/mol. The fourth-order valence-electron chi connectivity index (χ4n) is 2.56. The van der Waals surface area contributed by atoms with Crippen LogP contribution in [0.4, 0.5) is 16.2 Å². The second-order valence-electron chi connectivity index (χ2n) is 7.29. The summed E-state index contributed by atoms with van der Waals surface area (Å²) in [5.74, 6) is -0.0371. The van der Waals surface area contributed by atoms with Crippen molar-refractivity contribution in [3.63, 3.8) is 0 Å². The predicted octanol–water partition coefficient (Wildman–Crippen LogP) is 2.07. The van der Waals surface area contributed by atoms with Crippen molar-refractivity contribution in [1.29, 1.82) is 0 Å². The molecule has 0 fully saturated rings. The topological polar surface area (TPSA) is 118 Å². The number of nitrogen functional groups attached to an aromatic ring is 1. The first-order chi connectivity index (χ1) is 12.2. The summed E-state index contributed by atoms with van der Waals surface area (Å²) in [5, 5.41) is 9.99. The summed E-state index contributed by atoms with van der Waals surface area (Å²) in [4.78, 5) is 22.9. The number of hydrazone groups is 1. The normalized spacial score (nSPS) is 17.2. The number of nitrogens with two attached hydrogens (primary N) is 1. The number of anilines is 2. The fraction of sp³-hybridized carbons (Fsp3) is 0.500. The largest absolute Gasteiger partial charge is 0.444 e. The molecule has 0 spiro atoms. The Morgan fingerprint density at radius 1 is 1.38 bits per heavy atom. The Morgan fingerprint density at radius 3 is 2.73 bits per heavy atom. The molecule has 0 aliphatic carbocycles. The van der Waals surface area contributed by atoms with Crippen LogP contribution < -0.4 is 21.8 Å². The molecule has 26 heavy (non-hydrogen) atoms. The lowest BCUT2D eigenvalue weighted by molar-refractivity contribution is -0.121. The highest BCUT2D eigenvalue weighted by Gasteiger charge is 2.22. The van der Waals surface area contributed by atoms with Crippen molar-refractivity contribution in [2.24, 2.45) is 11.0 Å². The number of carbonyl (C=O) groups excluding carboxylic acids is 2. The third kappa shape index (κ3) is 5.65. The minimum absolute atomic E-state index is 0.0417. The molecule has 142 valence electrons. The maximum Gasteiger partial charge on any atom is 0.407 e. The summed E-state index contributed by atoms with van der Waals surface area (Å²) in [7, 11) is 0. The molecule has 2 rings (SSSR count). The Bertz CT molecular complexity index is 709. The quantitative estimate of drug-likeness (QED) is 0.473. The van der Waals surface area contributed by atoms with E-state index in [1.54, 1.807) is 0 Å². The number of nitrogens with one attached hydrogen (secondary N) is 3. The lowest BCUT2D eigenvalue weighted by Crippen LogP contribution is -2.35. The Hall–Kier alpha value is -2.77. The molecule has 5 N–H and O–H groups in total. The van der Waals surface area contributed by atoms with E-state index >= 15 is 0 Å². The summed E-state index contributed by atoms with van der Waals surface area (Å²) in [6.45, 7) is 8.33. The van der Waals surface area contributed by atoms with Gasteiger partial charge in [0, 0.05) is 31.0 Å². The van der Waals surface area contributed by atoms with Gasteiger partial charge in [-0.25, -0.2) is 10.2 Å². The van der Waals surface area contributed by atoms with Gasteiger partial charge < -0.3 is 21.1 Å². The second-order valence-corrected chi connectivity index (χ2v) is 7.29. The number of benzene rings is 1. The third-order valence-corrected chi connectivity index (χ3v) is 3.72. The molecule has 1 aliphatic rings. The zero-order valence-corrected chi connectivity index (χ0v) is 15.7. The van der Waals surface area contributed by atoms with Crippen LogP contribution in [0.15, 0.2) is 23.3 Å². The molecule has 0 saturated heterocycles. The van der Waals surface area contributed by atoms with Crippen LogP contribution in [0.5, 0.6) is 0 Å². The van der Waals surface area contributed by atoms with E-state index in [0.717, 1.165) is 17.0 Å². The van der Waals surface area contributed by atoms with Crippen molar-refractivity contribution in [1.82, 2.24) is 10.7 Å². The highest BCUT2D eigenvalue weighted by molar-refractivity contribution is 6.06. The van der Waals surface area contributed by atoms with Crippen LogP contribution in [0, 0.1) is 5.92 Å². The maximum atomic E-state index is 11.6. The summed E-state index contributed by atoms with van der Waals surface area (Å²) < 4.78 is 5.17. The van der Waals surface area contributed by atoms with Crippen molar-refractivity contribution in [2.75, 3.05) is 24.1 Å². The molecule has 8 nitrogen and oxygen atoms in total. The minimum atomic E-state index is -0.518. The Kier molecular flexibility index (Phi) is 6.07. The Labute approximate surface area is 153 Å². The molecule has 0 aromatic heterocycles. The van der Waals surface area contributed by atoms with Gasteiger partial charge in [-0.05, 0) is 32.9 Å². The van der Waals surface area contributed by atoms with Gasteiger partial charge in [-0.3, -0.25) is 4.79 Å². The maximum absolute atomic E-state index is 11.6. The van der Waals surface area contributed by atoms with E-state index in [9.17, 15) is 9.59 Å². The first-order valence-electron chi connectivity index (χ1n) is 8.63. The van der Waals surface area contributed by atoms with E-state index in [-0.39, 0.29) is 11.8 Å². The van der Waals surface area contributed by atoms with E-state index in [1.165, 1.54) is 0 Å². The molecule has 0 bridgehead atoms. The van der Waals surface area contributed by atoms with E-state index in [2.05, 4.69) is 21.2 Å². The summed E-state index contributed by atoms with van der Waals surface area (Å²) in [6.07, 6.45) is -0.0383. The lowest BCUT2D eigenvalue weighted by atomic mass is 9.93. The Morgan fingerprint density at radius 2 is 2.12 bits per heavy atom. The lowest BCUT2D eigenvalue weighted by Gasteiger charge is -2.20. The van der Waals surface area contributed by atoms with Gasteiger partial charge in [-0.15, -0.1) is 0 Å². The molecule has 1 aromatic carbocycles. The highest BCUT2D eigenvalue weighted by Crippen LogP contribution is 2.23. The molecule has 1 aromatic rings. The van der Waals surface area contributed by atoms with Crippen LogP contribution in [-0.2, 0) is 9.53 Å². The number of hydrogen-bond donors (Lipinski definition) is 4. The van der Waals surface area contributed by atoms with Crippen LogP contribution in [0.3, 0.4) is 0 Å². The first kappa shape index (κ1) is 19.6. The van der Waals surface area contributed by atoms with Gasteiger partial charge in [0.25, 0.3) is 0 Å². The molecule has 1 heterocycles. The van der Waals surface area contributed by atoms with Gasteiger partial charge in [0.1, 0.15) is 5.60 Å². The second kappa shape index (κ2) is 8.07. The van der Waals surface area contributed by atoms with Crippen molar-refractivity contribution in [3.8, 4) is 0 Å². The zero-order chi connectivity index (χ0) is 19.3. The Balaban J connectivity index is 1.88. The van der Waals surface area contributed by atoms with Crippen LogP contribution in [-0.4, -0.2) is 36.4 Å². The predicted molar refractivity (Wildman–Crippen MR) is 102 cm³/mol. The molecule has 0 saturated carbocycles. The molecule has 1 unspecified atom stereocenters. The molecule has 2 amide bonds. The molecule has 1 atom stereocenters. The number of ether oxygens (including phenoxy) is 1. The standard InChI is InChI=1S/C18H27N5O3/c1-11-9-15(24)22-23-16(11)12-5-6-14(13(19)10-12)20-7-8-21-17(25)26-18(2,3)4/h5-6,10-11,20H,7-9,19H2,1-4H3,(H,21,25)(H,22,24). The number of hydrogen-bond acceptors (Lipinski definition) is 6. The van der Waals surface area contributed by atoms with Gasteiger partial charge in [-0.1, -0.05) is 13.0 Å². The van der Waals surface area contributed by atoms with Gasteiger partial charge in [0.2, 0.25) is 5.91 Å². The van der Waals surface area contributed by atoms with E-state index in [0.29, 0.717) is 25.2 Å². The summed E-state index contributed by atoms with van der Waals surface area (Å²) >= 11 is 0. The van der Waals surface area contributed by atoms with Gasteiger partial charge in [0.05, 0.1) is 17.1 Å². The summed E-state index contributed by atoms with van der Waals surface area (Å²) in [6, 6.07) is 5.60. The number of nitrogens with zero attached hydrogens (tertiary/aromatic N) is 1. The number of rotatable bonds is 5. The number of amides is 2. The van der Waals surface area contributed by atoms with Crippen LogP contribution in [0.25, 0.3) is 0 Å². The van der Waals surface area contributed by atoms with Gasteiger partial charge >= 0.3 is 6.09 Å². The smallest absolute Gasteiger partial charge is 0.407 e. The van der Waals surface area contributed by atoms with E-state index in [1.807, 2.05) is 45.9 Å². The van der Waals surface area contributed by atoms with Gasteiger partial charge in [0.15, 0.2) is 0 Å². The third-order valence-electron chi connectivity index (χ3n) is 3.72. The number of carbonyl (C=O) groups is 2. The fourth-order valence-corrected chi connectivity index (χ4v) is 2.56. The molecule has 8 heteroatoms. The van der Waals surface area contributed by atoms with Crippen LogP contribution >= 0.6 is 0 Å². The molecule has 0 radical (unpaired) electrons. The molecular weight excluding hydrogens is 334 g/mol. The van der Waals surface area contributed by atoms with Crippen molar-refractivity contribution < 1.29 is 14.3 Å². The summed E-state index contributed by atoms with van der Waals surface area (Å²) in [5.41, 5.74) is 11.1. The SMILES string of the molecule is CC1CC(=O)NN=C1c1ccc(NCCNC(=O)OC(C)(C)C)c(N)c1. The molecule has 1 aliphatic heterocycles. The highest BCUT2D eigenvalue weighted by atomic mass is 16.6. The molecular formula is C18H27N5O3. The van der Waals surface area contributed by atoms with E-state index < -0.39 is 11.7 Å². The van der Waals surface area contributed by atoms with Crippen molar-refractivity contribution >= 4 is 29.1 Å². The minimum Gasteiger partial charge on any atom is -0.444 e. The van der Waals surface area contributed by atoms with Crippen LogP contribution in [0.2, 0.25) is 0 Å². The van der Waals surface area contributed by atoms with Crippen molar-refractivity contribution in [3.05, 3.63) is 23.8 Å². The van der Waals surface area contributed by atoms with Crippen molar-refractivity contribution in [2.45, 2.75) is 39.7 Å². The average Bonchev–Trinajstić information content (AvgIpc) is 2.51. The van der Waals surface area contributed by atoms with Gasteiger partial charge in [-0.2, -0.15) is 5.10 Å².